The van der Waals surface area contributed by atoms with Gasteiger partial charge in [0.1, 0.15) is 0 Å². The zero-order valence-electron chi connectivity index (χ0n) is 8.46. The first-order chi connectivity index (χ1) is 6.61. The molecule has 0 aliphatic rings. The molecule has 0 aromatic carbocycles. The predicted octanol–water partition coefficient (Wildman–Crippen LogP) is 0.251. The van der Waals surface area contributed by atoms with Gasteiger partial charge in [-0.3, -0.25) is 4.98 Å². The Morgan fingerprint density at radius 2 is 2.21 bits per heavy atom. The van der Waals surface area contributed by atoms with E-state index in [0.29, 0.717) is 17.3 Å². The van der Waals surface area contributed by atoms with Crippen LogP contribution in [-0.4, -0.2) is 18.1 Å². The van der Waals surface area contributed by atoms with E-state index in [1.807, 2.05) is 6.92 Å². The van der Waals surface area contributed by atoms with Gasteiger partial charge in [-0.15, -0.1) is 0 Å². The number of rotatable bonds is 2. The summed E-state index contributed by atoms with van der Waals surface area (Å²) in [7, 11) is 1.35. The van der Waals surface area contributed by atoms with Gasteiger partial charge in [0.2, 0.25) is 0 Å². The van der Waals surface area contributed by atoms with Gasteiger partial charge in [0, 0.05) is 6.20 Å². The number of carbonyl (C=O) groups is 1. The molecule has 0 radical (unpaired) electrons. The van der Waals surface area contributed by atoms with Gasteiger partial charge in [-0.05, 0) is 17.2 Å². The van der Waals surface area contributed by atoms with Crippen molar-refractivity contribution < 1.29 is 9.53 Å². The van der Waals surface area contributed by atoms with E-state index in [0.717, 1.165) is 10.8 Å². The molecule has 0 atom stereocenters. The number of nitrogens with zero attached hydrogens (tertiary/aromatic N) is 1. The maximum absolute atomic E-state index is 11.3. The van der Waals surface area contributed by atoms with Crippen LogP contribution < -0.4 is 10.6 Å². The molecule has 0 spiro atoms. The Labute approximate surface area is 82.7 Å². The minimum absolute atomic E-state index is 0.376. The summed E-state index contributed by atoms with van der Waals surface area (Å²) in [5.74, 6) is -0.376. The average Bonchev–Trinajstić information content (AvgIpc) is 2.20. The van der Waals surface area contributed by atoms with Crippen LogP contribution in [0.4, 0.5) is 0 Å². The second-order valence-electron chi connectivity index (χ2n) is 2.92. The van der Waals surface area contributed by atoms with Gasteiger partial charge in [-0.25, -0.2) is 4.79 Å². The number of ether oxygens (including phenoxy) is 1. The number of pyridine rings is 1. The lowest BCUT2D eigenvalue weighted by atomic mass is 10.1. The largest absolute Gasteiger partial charge is 0.465 e. The highest BCUT2D eigenvalue weighted by atomic mass is 16.5. The third-order valence-corrected chi connectivity index (χ3v) is 2.15. The molecule has 3 heteroatoms. The molecular formula is C11H13NO2. The normalized spacial score (nSPS) is 9.86. The molecule has 0 N–H and O–H groups in total. The highest BCUT2D eigenvalue weighted by molar-refractivity contribution is 5.90. The molecule has 0 bridgehead atoms. The number of hydrogen-bond donors (Lipinski definition) is 0. The molecule has 0 aliphatic carbocycles. The van der Waals surface area contributed by atoms with Crippen molar-refractivity contribution in [3.05, 3.63) is 27.9 Å². The minimum Gasteiger partial charge on any atom is -0.465 e. The van der Waals surface area contributed by atoms with Crippen LogP contribution in [-0.2, 0) is 11.2 Å². The van der Waals surface area contributed by atoms with E-state index < -0.39 is 0 Å². The van der Waals surface area contributed by atoms with Crippen molar-refractivity contribution in [2.24, 2.45) is 0 Å². The lowest BCUT2D eigenvalue weighted by Crippen LogP contribution is -2.31. The van der Waals surface area contributed by atoms with Gasteiger partial charge >= 0.3 is 5.97 Å². The molecule has 0 amide bonds. The first-order valence-electron chi connectivity index (χ1n) is 4.35. The highest BCUT2D eigenvalue weighted by Gasteiger charge is 2.11. The van der Waals surface area contributed by atoms with Gasteiger partial charge in [0.05, 0.1) is 18.0 Å². The van der Waals surface area contributed by atoms with Crippen LogP contribution in [0.3, 0.4) is 0 Å². The van der Waals surface area contributed by atoms with Crippen LogP contribution in [0.1, 0.15) is 22.8 Å². The molecule has 0 unspecified atom stereocenters. The fraction of sp³-hybridized carbons (Fsp3) is 0.273. The Bertz CT molecular complexity index is 451. The number of aromatic nitrogens is 1. The van der Waals surface area contributed by atoms with Crippen LogP contribution in [0.2, 0.25) is 0 Å². The molecule has 1 aromatic heterocycles. The Morgan fingerprint density at radius 3 is 2.71 bits per heavy atom. The maximum Gasteiger partial charge on any atom is 0.339 e. The smallest absolute Gasteiger partial charge is 0.339 e. The number of methoxy groups -OCH3 is 1. The molecule has 1 rings (SSSR count). The standard InChI is InChI=1S/C11H13NO2/c1-5-9-7(2)8(3)12-6-10(9)11(13)14-4/h6H,2-3,5H2,1,4H3. The molecule has 14 heavy (non-hydrogen) atoms. The van der Waals surface area contributed by atoms with Gasteiger partial charge in [0.25, 0.3) is 0 Å². The zero-order chi connectivity index (χ0) is 10.7. The summed E-state index contributed by atoms with van der Waals surface area (Å²) in [5, 5.41) is 1.32. The van der Waals surface area contributed by atoms with Crippen molar-refractivity contribution in [1.82, 2.24) is 4.98 Å². The Kier molecular flexibility index (Phi) is 3.02. The fourth-order valence-corrected chi connectivity index (χ4v) is 1.32. The first-order valence-corrected chi connectivity index (χ1v) is 4.35. The Balaban J connectivity index is 3.46. The van der Waals surface area contributed by atoms with E-state index in [9.17, 15) is 4.79 Å². The van der Waals surface area contributed by atoms with E-state index in [4.69, 9.17) is 0 Å². The summed E-state index contributed by atoms with van der Waals surface area (Å²) in [6.07, 6.45) is 2.20. The third kappa shape index (κ3) is 1.66. The zero-order valence-corrected chi connectivity index (χ0v) is 8.46. The summed E-state index contributed by atoms with van der Waals surface area (Å²) in [4.78, 5) is 15.3. The number of esters is 1. The molecule has 1 aromatic rings. The summed E-state index contributed by atoms with van der Waals surface area (Å²) in [6.45, 7) is 9.52. The van der Waals surface area contributed by atoms with Crippen molar-refractivity contribution in [2.75, 3.05) is 7.11 Å². The molecule has 3 nitrogen and oxygen atoms in total. The lowest BCUT2D eigenvalue weighted by Gasteiger charge is -2.05. The van der Waals surface area contributed by atoms with Crippen molar-refractivity contribution in [1.29, 1.82) is 0 Å². The highest BCUT2D eigenvalue weighted by Crippen LogP contribution is 2.03. The van der Waals surface area contributed by atoms with E-state index in [2.05, 4.69) is 22.9 Å². The third-order valence-electron chi connectivity index (χ3n) is 2.15. The molecule has 0 saturated heterocycles. The number of carbonyl (C=O) groups excluding carboxylic acids is 1. The minimum atomic E-state index is -0.376. The van der Waals surface area contributed by atoms with Crippen molar-refractivity contribution in [3.8, 4) is 0 Å². The van der Waals surface area contributed by atoms with Gasteiger partial charge in [0.15, 0.2) is 0 Å². The monoisotopic (exact) mass is 191 g/mol. The molecule has 74 valence electrons. The van der Waals surface area contributed by atoms with Crippen LogP contribution in [0, 0.1) is 0 Å². The van der Waals surface area contributed by atoms with Gasteiger partial charge in [-0.1, -0.05) is 20.1 Å². The Morgan fingerprint density at radius 1 is 1.57 bits per heavy atom. The topological polar surface area (TPSA) is 39.2 Å². The van der Waals surface area contributed by atoms with Crippen LogP contribution in [0.15, 0.2) is 6.20 Å². The molecule has 0 fully saturated rings. The molecule has 0 saturated carbocycles. The van der Waals surface area contributed by atoms with Gasteiger partial charge in [-0.2, -0.15) is 0 Å². The predicted molar refractivity (Wildman–Crippen MR) is 55.2 cm³/mol. The Hall–Kier alpha value is -1.64. The van der Waals surface area contributed by atoms with E-state index in [1.54, 1.807) is 0 Å². The molecule has 1 heterocycles. The number of hydrogen-bond acceptors (Lipinski definition) is 3. The second kappa shape index (κ2) is 4.05. The van der Waals surface area contributed by atoms with Crippen LogP contribution in [0.5, 0.6) is 0 Å². The maximum atomic E-state index is 11.3. The van der Waals surface area contributed by atoms with E-state index in [-0.39, 0.29) is 5.97 Å². The summed E-state index contributed by atoms with van der Waals surface area (Å²) >= 11 is 0. The van der Waals surface area contributed by atoms with Crippen molar-refractivity contribution in [3.63, 3.8) is 0 Å². The summed E-state index contributed by atoms with van der Waals surface area (Å²) < 4.78 is 4.65. The summed E-state index contributed by atoms with van der Waals surface area (Å²) in [5.41, 5.74) is 1.34. The fourth-order valence-electron chi connectivity index (χ4n) is 1.32. The van der Waals surface area contributed by atoms with Crippen LogP contribution in [0.25, 0.3) is 13.2 Å². The van der Waals surface area contributed by atoms with Crippen LogP contribution >= 0.6 is 0 Å². The summed E-state index contributed by atoms with van der Waals surface area (Å²) in [6, 6.07) is 0. The lowest BCUT2D eigenvalue weighted by molar-refractivity contribution is 0.0599. The van der Waals surface area contributed by atoms with Crippen molar-refractivity contribution >= 4 is 19.1 Å². The SMILES string of the molecule is C=c1ncc(C(=O)OC)c(CC)c1=C. The van der Waals surface area contributed by atoms with Gasteiger partial charge < -0.3 is 4.74 Å². The van der Waals surface area contributed by atoms with E-state index >= 15 is 0 Å². The average molecular weight is 191 g/mol. The molecule has 0 aliphatic heterocycles. The molecular weight excluding hydrogens is 178 g/mol. The first kappa shape index (κ1) is 10.4. The van der Waals surface area contributed by atoms with E-state index in [1.165, 1.54) is 13.3 Å². The van der Waals surface area contributed by atoms with Crippen molar-refractivity contribution in [2.45, 2.75) is 13.3 Å². The quantitative estimate of drug-likeness (QED) is 0.629. The second-order valence-corrected chi connectivity index (χ2v) is 2.92.